The van der Waals surface area contributed by atoms with Crippen LogP contribution in [-0.4, -0.2) is 93.8 Å². The third kappa shape index (κ3) is 5.63. The van der Waals surface area contributed by atoms with E-state index in [4.69, 9.17) is 0 Å². The molecule has 2 saturated heterocycles. The summed E-state index contributed by atoms with van der Waals surface area (Å²) >= 11 is 0. The topological polar surface area (TPSA) is 100 Å². The minimum atomic E-state index is -0.711. The van der Waals surface area contributed by atoms with Crippen molar-refractivity contribution in [2.24, 2.45) is 5.92 Å². The van der Waals surface area contributed by atoms with Crippen molar-refractivity contribution in [2.45, 2.75) is 38.5 Å². The Morgan fingerprint density at radius 2 is 1.72 bits per heavy atom. The van der Waals surface area contributed by atoms with E-state index in [1.807, 2.05) is 18.3 Å². The van der Waals surface area contributed by atoms with Gasteiger partial charge in [-0.15, -0.1) is 0 Å². The van der Waals surface area contributed by atoms with Crippen molar-refractivity contribution in [3.8, 4) is 0 Å². The number of β-amino-alcohol motifs (C(OH)–C–C–N with tert-alkyl or cyclic N) is 1. The number of hydrogen-bond acceptors (Lipinski definition) is 6. The van der Waals surface area contributed by atoms with E-state index in [-0.39, 0.29) is 11.9 Å². The SMILES string of the molecule is O=C(O)C1CCN(c2ccc(CN3CCN(C[C@H](O)CN4CCc5ccccc5C4)C3=O)nc2)CC1. The Labute approximate surface area is 211 Å². The van der Waals surface area contributed by atoms with Crippen molar-refractivity contribution in [1.82, 2.24) is 19.7 Å². The first-order valence-corrected chi connectivity index (χ1v) is 12.9. The molecular formula is C27H35N5O4. The quantitative estimate of drug-likeness (QED) is 0.581. The first-order chi connectivity index (χ1) is 17.5. The number of aliphatic hydroxyl groups is 1. The molecule has 0 bridgehead atoms. The number of carboxylic acids is 1. The number of urea groups is 1. The lowest BCUT2D eigenvalue weighted by Crippen LogP contribution is -2.43. The molecule has 2 aromatic rings. The van der Waals surface area contributed by atoms with Gasteiger partial charge < -0.3 is 24.9 Å². The number of pyridine rings is 1. The number of benzene rings is 1. The van der Waals surface area contributed by atoms with Gasteiger partial charge in [-0.1, -0.05) is 24.3 Å². The summed E-state index contributed by atoms with van der Waals surface area (Å²) in [6.07, 6.45) is 3.51. The number of aliphatic carboxylic acids is 1. The molecule has 0 saturated carbocycles. The number of nitrogens with zero attached hydrogens (tertiary/aromatic N) is 5. The van der Waals surface area contributed by atoms with Gasteiger partial charge in [-0.2, -0.15) is 0 Å². The molecule has 3 aliphatic heterocycles. The number of carbonyl (C=O) groups excluding carboxylic acids is 1. The van der Waals surface area contributed by atoms with E-state index in [0.29, 0.717) is 58.7 Å². The smallest absolute Gasteiger partial charge is 0.320 e. The zero-order valence-corrected chi connectivity index (χ0v) is 20.6. The minimum Gasteiger partial charge on any atom is -0.481 e. The third-order valence-electron chi connectivity index (χ3n) is 7.66. The molecule has 1 atom stereocenters. The monoisotopic (exact) mass is 493 g/mol. The number of anilines is 1. The fourth-order valence-electron chi connectivity index (χ4n) is 5.55. The van der Waals surface area contributed by atoms with Crippen LogP contribution in [0.3, 0.4) is 0 Å². The number of hydrogen-bond donors (Lipinski definition) is 2. The van der Waals surface area contributed by atoms with Gasteiger partial charge in [0.1, 0.15) is 0 Å². The number of aromatic nitrogens is 1. The van der Waals surface area contributed by atoms with Crippen LogP contribution in [0.1, 0.15) is 29.7 Å². The summed E-state index contributed by atoms with van der Waals surface area (Å²) in [4.78, 5) is 36.6. The Morgan fingerprint density at radius 1 is 0.972 bits per heavy atom. The van der Waals surface area contributed by atoms with Crippen LogP contribution in [0.5, 0.6) is 0 Å². The van der Waals surface area contributed by atoms with Gasteiger partial charge in [0.2, 0.25) is 0 Å². The van der Waals surface area contributed by atoms with Crippen LogP contribution in [0.2, 0.25) is 0 Å². The van der Waals surface area contributed by atoms with E-state index in [0.717, 1.165) is 30.9 Å². The molecule has 192 valence electrons. The molecule has 9 nitrogen and oxygen atoms in total. The Morgan fingerprint density at radius 3 is 2.44 bits per heavy atom. The minimum absolute atomic E-state index is 0.0559. The van der Waals surface area contributed by atoms with E-state index in [1.165, 1.54) is 11.1 Å². The molecule has 0 unspecified atom stereocenters. The van der Waals surface area contributed by atoms with E-state index in [1.54, 1.807) is 9.80 Å². The van der Waals surface area contributed by atoms with Crippen molar-refractivity contribution in [3.63, 3.8) is 0 Å². The summed E-state index contributed by atoms with van der Waals surface area (Å²) in [5.41, 5.74) is 4.52. The number of carbonyl (C=O) groups is 2. The highest BCUT2D eigenvalue weighted by Crippen LogP contribution is 2.24. The number of rotatable bonds is 8. The molecule has 0 aliphatic carbocycles. The van der Waals surface area contributed by atoms with Gasteiger partial charge in [0.25, 0.3) is 0 Å². The molecule has 1 aromatic carbocycles. The summed E-state index contributed by atoms with van der Waals surface area (Å²) in [5.74, 6) is -0.968. The molecule has 1 aromatic heterocycles. The molecule has 2 N–H and O–H groups in total. The number of carboxylic acid groups (broad SMARTS) is 1. The van der Waals surface area contributed by atoms with Crippen LogP contribution in [0.15, 0.2) is 42.6 Å². The maximum absolute atomic E-state index is 12.9. The van der Waals surface area contributed by atoms with Gasteiger partial charge in [0.15, 0.2) is 0 Å². The average molecular weight is 494 g/mol. The van der Waals surface area contributed by atoms with Gasteiger partial charge >= 0.3 is 12.0 Å². The van der Waals surface area contributed by atoms with Gasteiger partial charge in [-0.25, -0.2) is 4.79 Å². The lowest BCUT2D eigenvalue weighted by Gasteiger charge is -2.31. The Kier molecular flexibility index (Phi) is 7.38. The van der Waals surface area contributed by atoms with Crippen molar-refractivity contribution in [1.29, 1.82) is 0 Å². The second-order valence-electron chi connectivity index (χ2n) is 10.2. The predicted octanol–water partition coefficient (Wildman–Crippen LogP) is 2.04. The van der Waals surface area contributed by atoms with E-state index < -0.39 is 12.1 Å². The number of aliphatic hydroxyl groups excluding tert-OH is 1. The lowest BCUT2D eigenvalue weighted by molar-refractivity contribution is -0.142. The second-order valence-corrected chi connectivity index (χ2v) is 10.2. The molecule has 4 heterocycles. The van der Waals surface area contributed by atoms with Gasteiger partial charge in [0, 0.05) is 52.4 Å². The van der Waals surface area contributed by atoms with Crippen LogP contribution in [0.25, 0.3) is 0 Å². The van der Waals surface area contributed by atoms with E-state index >= 15 is 0 Å². The summed E-state index contributed by atoms with van der Waals surface area (Å²) in [6, 6.07) is 12.3. The molecule has 3 aliphatic rings. The van der Waals surface area contributed by atoms with Crippen molar-refractivity contribution >= 4 is 17.7 Å². The van der Waals surface area contributed by atoms with Crippen LogP contribution in [-0.2, 0) is 24.3 Å². The average Bonchev–Trinajstić information content (AvgIpc) is 3.22. The largest absolute Gasteiger partial charge is 0.481 e. The number of piperidine rings is 1. The molecule has 5 rings (SSSR count). The van der Waals surface area contributed by atoms with Crippen LogP contribution >= 0.6 is 0 Å². The zero-order valence-electron chi connectivity index (χ0n) is 20.6. The zero-order chi connectivity index (χ0) is 25.1. The molecule has 0 spiro atoms. The molecule has 2 fully saturated rings. The van der Waals surface area contributed by atoms with Crippen molar-refractivity contribution in [2.75, 3.05) is 50.7 Å². The molecule has 2 amide bonds. The van der Waals surface area contributed by atoms with Gasteiger partial charge in [-0.3, -0.25) is 14.7 Å². The lowest BCUT2D eigenvalue weighted by atomic mass is 9.97. The highest BCUT2D eigenvalue weighted by atomic mass is 16.4. The summed E-state index contributed by atoms with van der Waals surface area (Å²) in [7, 11) is 0. The summed E-state index contributed by atoms with van der Waals surface area (Å²) < 4.78 is 0. The normalized spacial score (nSPS) is 20.0. The second kappa shape index (κ2) is 10.8. The van der Waals surface area contributed by atoms with Crippen LogP contribution < -0.4 is 4.90 Å². The Balaban J connectivity index is 1.08. The van der Waals surface area contributed by atoms with Crippen LogP contribution in [0, 0.1) is 5.92 Å². The standard InChI is InChI=1S/C27H35N5O4/c33-25(18-29-10-7-20-3-1-2-4-22(20)16-29)19-32-14-13-31(27(32)36)17-23-5-6-24(15-28-23)30-11-8-21(9-12-30)26(34)35/h1-6,15,21,25,33H,7-14,16-19H2,(H,34,35)/t25-/m1/s1. The van der Waals surface area contributed by atoms with Crippen LogP contribution in [0.4, 0.5) is 10.5 Å². The van der Waals surface area contributed by atoms with Crippen molar-refractivity contribution in [3.05, 3.63) is 59.4 Å². The summed E-state index contributed by atoms with van der Waals surface area (Å²) in [5, 5.41) is 19.9. The maximum atomic E-state index is 12.9. The maximum Gasteiger partial charge on any atom is 0.320 e. The van der Waals surface area contributed by atoms with E-state index in [9.17, 15) is 19.8 Å². The highest BCUT2D eigenvalue weighted by Gasteiger charge is 2.31. The molecular weight excluding hydrogens is 458 g/mol. The van der Waals surface area contributed by atoms with Gasteiger partial charge in [-0.05, 0) is 42.5 Å². The fraction of sp³-hybridized carbons (Fsp3) is 0.519. The van der Waals surface area contributed by atoms with E-state index in [2.05, 4.69) is 39.0 Å². The fourth-order valence-corrected chi connectivity index (χ4v) is 5.55. The first kappa shape index (κ1) is 24.5. The predicted molar refractivity (Wildman–Crippen MR) is 136 cm³/mol. The Hall–Kier alpha value is -3.17. The highest BCUT2D eigenvalue weighted by molar-refractivity contribution is 5.76. The molecule has 36 heavy (non-hydrogen) atoms. The molecule has 9 heteroatoms. The Bertz CT molecular complexity index is 1070. The van der Waals surface area contributed by atoms with Crippen molar-refractivity contribution < 1.29 is 19.8 Å². The summed E-state index contributed by atoms with van der Waals surface area (Å²) in [6.45, 7) is 5.75. The van der Waals surface area contributed by atoms with Gasteiger partial charge in [0.05, 0.1) is 36.1 Å². The molecule has 0 radical (unpaired) electrons. The first-order valence-electron chi connectivity index (χ1n) is 12.9. The number of amides is 2. The third-order valence-corrected chi connectivity index (χ3v) is 7.66. The number of fused-ring (bicyclic) bond motifs is 1.